The first-order chi connectivity index (χ1) is 9.54. The molecule has 0 spiro atoms. The fourth-order valence-electron chi connectivity index (χ4n) is 2.23. The van der Waals surface area contributed by atoms with E-state index in [-0.39, 0.29) is 29.0 Å². The van der Waals surface area contributed by atoms with Gasteiger partial charge in [0, 0.05) is 18.6 Å². The number of aryl methyl sites for hydroxylation is 1. The lowest BCUT2D eigenvalue weighted by atomic mass is 9.90. The van der Waals surface area contributed by atoms with Crippen LogP contribution in [-0.2, 0) is 4.74 Å². The summed E-state index contributed by atoms with van der Waals surface area (Å²) < 4.78 is 11.4. The summed E-state index contributed by atoms with van der Waals surface area (Å²) in [7, 11) is 0. The third kappa shape index (κ3) is 3.04. The zero-order chi connectivity index (χ0) is 14.7. The van der Waals surface area contributed by atoms with E-state index in [1.165, 1.54) is 0 Å². The molecular weight excluding hydrogens is 282 g/mol. The number of benzene rings is 1. The van der Waals surface area contributed by atoms with E-state index in [0.29, 0.717) is 18.6 Å². The van der Waals surface area contributed by atoms with Crippen LogP contribution in [0.3, 0.4) is 0 Å². The molecule has 6 heteroatoms. The minimum Gasteiger partial charge on any atom is -0.481 e. The Morgan fingerprint density at radius 2 is 2.25 bits per heavy atom. The van der Waals surface area contributed by atoms with Crippen LogP contribution in [0.5, 0.6) is 5.75 Å². The van der Waals surface area contributed by atoms with Gasteiger partial charge in [0.15, 0.2) is 5.75 Å². The second kappa shape index (κ2) is 6.41. The number of ether oxygens (including phenoxy) is 2. The summed E-state index contributed by atoms with van der Waals surface area (Å²) in [5.41, 5.74) is 0.597. The van der Waals surface area contributed by atoms with E-state index in [9.17, 15) is 10.1 Å². The van der Waals surface area contributed by atoms with Crippen molar-refractivity contribution >= 4 is 17.3 Å². The number of nitro benzene ring substituents is 1. The molecule has 3 atom stereocenters. The third-order valence-electron chi connectivity index (χ3n) is 3.36. The fourth-order valence-corrected chi connectivity index (χ4v) is 2.64. The van der Waals surface area contributed by atoms with Crippen LogP contribution >= 0.6 is 11.6 Å². The molecule has 1 saturated carbocycles. The highest BCUT2D eigenvalue weighted by molar-refractivity contribution is 6.21. The van der Waals surface area contributed by atoms with Gasteiger partial charge in [-0.1, -0.05) is 19.1 Å². The number of rotatable bonds is 6. The molecular formula is C14H18ClNO4. The van der Waals surface area contributed by atoms with Crippen molar-refractivity contribution in [3.63, 3.8) is 0 Å². The molecule has 1 aliphatic carbocycles. The van der Waals surface area contributed by atoms with Crippen molar-refractivity contribution in [3.05, 3.63) is 33.9 Å². The highest BCUT2D eigenvalue weighted by atomic mass is 35.5. The van der Waals surface area contributed by atoms with E-state index in [1.807, 2.05) is 6.92 Å². The van der Waals surface area contributed by atoms with Crippen LogP contribution in [0.2, 0.25) is 0 Å². The van der Waals surface area contributed by atoms with Crippen molar-refractivity contribution in [2.24, 2.45) is 0 Å². The first kappa shape index (κ1) is 15.1. The van der Waals surface area contributed by atoms with Crippen LogP contribution in [0.25, 0.3) is 0 Å². The molecule has 0 radical (unpaired) electrons. The van der Waals surface area contributed by atoms with Crippen LogP contribution in [0.15, 0.2) is 18.2 Å². The Balaban J connectivity index is 2.11. The third-order valence-corrected chi connectivity index (χ3v) is 3.78. The van der Waals surface area contributed by atoms with Gasteiger partial charge in [-0.25, -0.2) is 0 Å². The maximum absolute atomic E-state index is 11.1. The number of halogens is 1. The Bertz CT molecular complexity index is 494. The minimum atomic E-state index is -0.413. The van der Waals surface area contributed by atoms with E-state index in [1.54, 1.807) is 25.1 Å². The fraction of sp³-hybridized carbons (Fsp3) is 0.571. The molecule has 3 unspecified atom stereocenters. The normalized spacial score (nSPS) is 25.1. The highest BCUT2D eigenvalue weighted by Crippen LogP contribution is 2.37. The number of nitro groups is 1. The second-order valence-electron chi connectivity index (χ2n) is 4.92. The van der Waals surface area contributed by atoms with Gasteiger partial charge in [-0.15, -0.1) is 11.6 Å². The number of nitrogens with zero attached hydrogens (tertiary/aromatic N) is 1. The molecule has 0 N–H and O–H groups in total. The summed E-state index contributed by atoms with van der Waals surface area (Å²) in [4.78, 5) is 10.7. The van der Waals surface area contributed by atoms with Gasteiger partial charge in [-0.05, 0) is 19.4 Å². The molecule has 1 aromatic rings. The summed E-state index contributed by atoms with van der Waals surface area (Å²) in [5, 5.41) is 11.0. The topological polar surface area (TPSA) is 61.6 Å². The maximum atomic E-state index is 11.1. The SMILES string of the molecule is CCCOC1C(Cl)CC1Oc1cccc(C)c1[N+](=O)[O-]. The zero-order valence-corrected chi connectivity index (χ0v) is 12.3. The van der Waals surface area contributed by atoms with E-state index in [2.05, 4.69) is 0 Å². The van der Waals surface area contributed by atoms with Crippen LogP contribution in [0, 0.1) is 17.0 Å². The molecule has 0 saturated heterocycles. The Labute approximate surface area is 123 Å². The monoisotopic (exact) mass is 299 g/mol. The highest BCUT2D eigenvalue weighted by Gasteiger charge is 2.43. The molecule has 2 rings (SSSR count). The zero-order valence-electron chi connectivity index (χ0n) is 11.5. The van der Waals surface area contributed by atoms with Gasteiger partial charge in [-0.3, -0.25) is 10.1 Å². The lowest BCUT2D eigenvalue weighted by Gasteiger charge is -2.40. The molecule has 1 aliphatic rings. The lowest BCUT2D eigenvalue weighted by Crippen LogP contribution is -2.52. The molecule has 0 aliphatic heterocycles. The molecule has 1 aromatic carbocycles. The van der Waals surface area contributed by atoms with Crippen molar-refractivity contribution in [1.29, 1.82) is 0 Å². The quantitative estimate of drug-likeness (QED) is 0.458. The first-order valence-corrected chi connectivity index (χ1v) is 7.14. The van der Waals surface area contributed by atoms with Crippen molar-refractivity contribution in [1.82, 2.24) is 0 Å². The van der Waals surface area contributed by atoms with E-state index >= 15 is 0 Å². The van der Waals surface area contributed by atoms with Crippen molar-refractivity contribution < 1.29 is 14.4 Å². The lowest BCUT2D eigenvalue weighted by molar-refractivity contribution is -0.386. The van der Waals surface area contributed by atoms with Gasteiger partial charge in [0.25, 0.3) is 0 Å². The van der Waals surface area contributed by atoms with Gasteiger partial charge in [-0.2, -0.15) is 0 Å². The minimum absolute atomic E-state index is 0.0137. The van der Waals surface area contributed by atoms with Crippen LogP contribution < -0.4 is 4.74 Å². The molecule has 20 heavy (non-hydrogen) atoms. The van der Waals surface area contributed by atoms with Crippen molar-refractivity contribution in [2.45, 2.75) is 44.3 Å². The summed E-state index contributed by atoms with van der Waals surface area (Å²) >= 11 is 6.11. The predicted molar refractivity (Wildman–Crippen MR) is 76.5 cm³/mol. The summed E-state index contributed by atoms with van der Waals surface area (Å²) in [6.45, 7) is 4.33. The Morgan fingerprint density at radius 3 is 2.85 bits per heavy atom. The van der Waals surface area contributed by atoms with E-state index < -0.39 is 4.92 Å². The molecule has 0 amide bonds. The van der Waals surface area contributed by atoms with Gasteiger partial charge >= 0.3 is 5.69 Å². The van der Waals surface area contributed by atoms with Gasteiger partial charge in [0.2, 0.25) is 0 Å². The summed E-state index contributed by atoms with van der Waals surface area (Å²) in [5.74, 6) is 0.286. The molecule has 5 nitrogen and oxygen atoms in total. The smallest absolute Gasteiger partial charge is 0.313 e. The average molecular weight is 300 g/mol. The average Bonchev–Trinajstić information content (AvgIpc) is 2.38. The standard InChI is InChI=1S/C14H18ClNO4/c1-3-7-19-14-10(15)8-12(14)20-11-6-4-5-9(2)13(11)16(17)18/h4-6,10,12,14H,3,7-8H2,1-2H3. The van der Waals surface area contributed by atoms with Crippen molar-refractivity contribution in [2.75, 3.05) is 6.61 Å². The summed E-state index contributed by atoms with van der Waals surface area (Å²) in [6, 6.07) is 5.06. The van der Waals surface area contributed by atoms with Crippen LogP contribution in [-0.4, -0.2) is 29.1 Å². The van der Waals surface area contributed by atoms with Crippen molar-refractivity contribution in [3.8, 4) is 5.75 Å². The molecule has 0 aromatic heterocycles. The van der Waals surface area contributed by atoms with Gasteiger partial charge < -0.3 is 9.47 Å². The number of para-hydroxylation sites is 1. The molecule has 110 valence electrons. The van der Waals surface area contributed by atoms with E-state index in [4.69, 9.17) is 21.1 Å². The van der Waals surface area contributed by atoms with E-state index in [0.717, 1.165) is 6.42 Å². The largest absolute Gasteiger partial charge is 0.481 e. The first-order valence-electron chi connectivity index (χ1n) is 6.71. The second-order valence-corrected chi connectivity index (χ2v) is 5.48. The van der Waals surface area contributed by atoms with Crippen LogP contribution in [0.1, 0.15) is 25.3 Å². The number of hydrogen-bond acceptors (Lipinski definition) is 4. The van der Waals surface area contributed by atoms with Gasteiger partial charge in [0.1, 0.15) is 12.2 Å². The Morgan fingerprint density at radius 1 is 1.50 bits per heavy atom. The molecule has 0 heterocycles. The number of hydrogen-bond donors (Lipinski definition) is 0. The Hall–Kier alpha value is -1.33. The van der Waals surface area contributed by atoms with Crippen LogP contribution in [0.4, 0.5) is 5.69 Å². The summed E-state index contributed by atoms with van der Waals surface area (Å²) in [6.07, 6.45) is 1.12. The Kier molecular flexibility index (Phi) is 4.83. The molecule has 0 bridgehead atoms. The maximum Gasteiger partial charge on any atom is 0.313 e. The predicted octanol–water partition coefficient (Wildman–Crippen LogP) is 3.46. The van der Waals surface area contributed by atoms with Gasteiger partial charge in [0.05, 0.1) is 10.3 Å². The molecule has 1 fully saturated rings. The number of alkyl halides is 1.